The predicted molar refractivity (Wildman–Crippen MR) is 50.2 cm³/mol. The molecular weight excluding hydrogens is 166 g/mol. The molecule has 0 aliphatic heterocycles. The van der Waals surface area contributed by atoms with Gasteiger partial charge >= 0.3 is 0 Å². The van der Waals surface area contributed by atoms with Gasteiger partial charge in [-0.05, 0) is 5.56 Å². The van der Waals surface area contributed by atoms with Crippen LogP contribution >= 0.6 is 0 Å². The molecule has 1 amide bonds. The van der Waals surface area contributed by atoms with Gasteiger partial charge in [0.1, 0.15) is 6.73 Å². The van der Waals surface area contributed by atoms with Gasteiger partial charge in [-0.25, -0.2) is 0 Å². The van der Waals surface area contributed by atoms with E-state index < -0.39 is 0 Å². The van der Waals surface area contributed by atoms with Crippen molar-refractivity contribution in [1.29, 1.82) is 0 Å². The summed E-state index contributed by atoms with van der Waals surface area (Å²) in [5, 5.41) is 2.62. The number of amides is 1. The second-order valence-corrected chi connectivity index (χ2v) is 2.70. The molecule has 0 spiro atoms. The first-order chi connectivity index (χ1) is 6.33. The predicted octanol–water partition coefficient (Wildman–Crippen LogP) is 0.949. The number of hydrogen-bond acceptors (Lipinski definition) is 2. The minimum absolute atomic E-state index is 0.0203. The first-order valence-electron chi connectivity index (χ1n) is 4.12. The number of carbonyl (C=O) groups excluding carboxylic acids is 1. The van der Waals surface area contributed by atoms with Crippen molar-refractivity contribution in [2.45, 2.75) is 6.42 Å². The van der Waals surface area contributed by atoms with Gasteiger partial charge in [-0.1, -0.05) is 30.3 Å². The summed E-state index contributed by atoms with van der Waals surface area (Å²) >= 11 is 0. The normalized spacial score (nSPS) is 9.62. The lowest BCUT2D eigenvalue weighted by Gasteiger charge is -2.02. The van der Waals surface area contributed by atoms with E-state index in [9.17, 15) is 4.79 Å². The zero-order valence-corrected chi connectivity index (χ0v) is 7.62. The van der Waals surface area contributed by atoms with E-state index in [0.29, 0.717) is 6.42 Å². The van der Waals surface area contributed by atoms with Gasteiger partial charge in [-0.2, -0.15) is 0 Å². The van der Waals surface area contributed by atoms with Crippen LogP contribution in [0.15, 0.2) is 30.3 Å². The Kier molecular flexibility index (Phi) is 3.99. The van der Waals surface area contributed by atoms with Gasteiger partial charge in [-0.15, -0.1) is 0 Å². The van der Waals surface area contributed by atoms with Crippen molar-refractivity contribution in [1.82, 2.24) is 5.32 Å². The first kappa shape index (κ1) is 9.74. The maximum absolute atomic E-state index is 11.2. The lowest BCUT2D eigenvalue weighted by Crippen LogP contribution is -2.26. The topological polar surface area (TPSA) is 38.3 Å². The summed E-state index contributed by atoms with van der Waals surface area (Å²) in [7, 11) is 1.54. The molecule has 0 fully saturated rings. The second-order valence-electron chi connectivity index (χ2n) is 2.70. The molecule has 0 aliphatic rings. The Bertz CT molecular complexity index is 259. The fraction of sp³-hybridized carbons (Fsp3) is 0.300. The molecule has 0 saturated heterocycles. The molecule has 3 heteroatoms. The third-order valence-corrected chi connectivity index (χ3v) is 1.62. The maximum Gasteiger partial charge on any atom is 0.226 e. The number of nitrogens with one attached hydrogen (secondary N) is 1. The standard InChI is InChI=1S/C10H13NO2/c1-13-8-11-10(12)7-9-5-3-2-4-6-9/h2-6H,7-8H2,1H3,(H,11,12). The van der Waals surface area contributed by atoms with E-state index in [2.05, 4.69) is 5.32 Å². The van der Waals surface area contributed by atoms with Gasteiger partial charge in [0.25, 0.3) is 0 Å². The summed E-state index contributed by atoms with van der Waals surface area (Å²) in [6, 6.07) is 9.60. The summed E-state index contributed by atoms with van der Waals surface area (Å²) in [5.74, 6) is -0.0203. The van der Waals surface area contributed by atoms with Crippen molar-refractivity contribution in [3.63, 3.8) is 0 Å². The van der Waals surface area contributed by atoms with Crippen LogP contribution in [-0.4, -0.2) is 19.7 Å². The van der Waals surface area contributed by atoms with Crippen molar-refractivity contribution in [3.05, 3.63) is 35.9 Å². The fourth-order valence-corrected chi connectivity index (χ4v) is 0.996. The Morgan fingerprint density at radius 2 is 2.08 bits per heavy atom. The van der Waals surface area contributed by atoms with Crippen molar-refractivity contribution < 1.29 is 9.53 Å². The number of carbonyl (C=O) groups is 1. The lowest BCUT2D eigenvalue weighted by atomic mass is 10.1. The smallest absolute Gasteiger partial charge is 0.226 e. The summed E-state index contributed by atoms with van der Waals surface area (Å²) in [6.45, 7) is 0.270. The molecule has 1 N–H and O–H groups in total. The average molecular weight is 179 g/mol. The van der Waals surface area contributed by atoms with E-state index in [0.717, 1.165) is 5.56 Å². The van der Waals surface area contributed by atoms with Gasteiger partial charge in [-0.3, -0.25) is 4.79 Å². The molecule has 0 heterocycles. The second kappa shape index (κ2) is 5.32. The highest BCUT2D eigenvalue weighted by molar-refractivity contribution is 5.78. The highest BCUT2D eigenvalue weighted by Crippen LogP contribution is 1.98. The number of rotatable bonds is 4. The zero-order valence-electron chi connectivity index (χ0n) is 7.62. The molecule has 1 rings (SSSR count). The number of ether oxygens (including phenoxy) is 1. The first-order valence-corrected chi connectivity index (χ1v) is 4.12. The quantitative estimate of drug-likeness (QED) is 0.699. The van der Waals surface area contributed by atoms with Crippen LogP contribution in [0.3, 0.4) is 0 Å². The van der Waals surface area contributed by atoms with Gasteiger partial charge in [0.15, 0.2) is 0 Å². The van der Waals surface area contributed by atoms with E-state index in [4.69, 9.17) is 4.74 Å². The average Bonchev–Trinajstić information content (AvgIpc) is 2.16. The SMILES string of the molecule is COCNC(=O)Cc1ccccc1. The lowest BCUT2D eigenvalue weighted by molar-refractivity contribution is -0.121. The minimum Gasteiger partial charge on any atom is -0.364 e. The molecule has 0 radical (unpaired) electrons. The Morgan fingerprint density at radius 3 is 2.69 bits per heavy atom. The fourth-order valence-electron chi connectivity index (χ4n) is 0.996. The van der Waals surface area contributed by atoms with Crippen molar-refractivity contribution >= 4 is 5.91 Å². The molecular formula is C10H13NO2. The Morgan fingerprint density at radius 1 is 1.38 bits per heavy atom. The molecule has 13 heavy (non-hydrogen) atoms. The van der Waals surface area contributed by atoms with E-state index in [1.54, 1.807) is 7.11 Å². The molecule has 1 aromatic rings. The van der Waals surface area contributed by atoms with Crippen LogP contribution in [0.2, 0.25) is 0 Å². The van der Waals surface area contributed by atoms with E-state index in [-0.39, 0.29) is 12.6 Å². The summed E-state index contributed by atoms with van der Waals surface area (Å²) in [6.07, 6.45) is 0.407. The number of benzene rings is 1. The van der Waals surface area contributed by atoms with Crippen LogP contribution in [0.25, 0.3) is 0 Å². The number of methoxy groups -OCH3 is 1. The summed E-state index contributed by atoms with van der Waals surface area (Å²) in [4.78, 5) is 11.2. The van der Waals surface area contributed by atoms with Crippen LogP contribution in [0, 0.1) is 0 Å². The van der Waals surface area contributed by atoms with Crippen LogP contribution in [-0.2, 0) is 16.0 Å². The Hall–Kier alpha value is -1.35. The maximum atomic E-state index is 11.2. The zero-order chi connectivity index (χ0) is 9.52. The molecule has 0 saturated carbocycles. The van der Waals surface area contributed by atoms with Crippen LogP contribution < -0.4 is 5.32 Å². The Balaban J connectivity index is 2.37. The highest BCUT2D eigenvalue weighted by Gasteiger charge is 2.00. The number of hydrogen-bond donors (Lipinski definition) is 1. The van der Waals surface area contributed by atoms with E-state index >= 15 is 0 Å². The van der Waals surface area contributed by atoms with Crippen LogP contribution in [0.1, 0.15) is 5.56 Å². The van der Waals surface area contributed by atoms with Gasteiger partial charge in [0.2, 0.25) is 5.91 Å². The van der Waals surface area contributed by atoms with E-state index in [1.807, 2.05) is 30.3 Å². The van der Waals surface area contributed by atoms with Gasteiger partial charge in [0.05, 0.1) is 6.42 Å². The van der Waals surface area contributed by atoms with Crippen molar-refractivity contribution in [2.75, 3.05) is 13.8 Å². The minimum atomic E-state index is -0.0203. The third kappa shape index (κ3) is 3.71. The van der Waals surface area contributed by atoms with Crippen LogP contribution in [0.5, 0.6) is 0 Å². The monoisotopic (exact) mass is 179 g/mol. The van der Waals surface area contributed by atoms with Crippen molar-refractivity contribution in [3.8, 4) is 0 Å². The molecule has 0 aliphatic carbocycles. The summed E-state index contributed by atoms with van der Waals surface area (Å²) in [5.41, 5.74) is 1.01. The Labute approximate surface area is 77.7 Å². The molecule has 70 valence electrons. The molecule has 0 unspecified atom stereocenters. The summed E-state index contributed by atoms with van der Waals surface area (Å²) < 4.78 is 4.72. The van der Waals surface area contributed by atoms with Gasteiger partial charge in [0, 0.05) is 7.11 Å². The largest absolute Gasteiger partial charge is 0.364 e. The third-order valence-electron chi connectivity index (χ3n) is 1.62. The molecule has 3 nitrogen and oxygen atoms in total. The molecule has 0 aromatic heterocycles. The van der Waals surface area contributed by atoms with Crippen LogP contribution in [0.4, 0.5) is 0 Å². The molecule has 1 aromatic carbocycles. The molecule has 0 bridgehead atoms. The van der Waals surface area contributed by atoms with Crippen molar-refractivity contribution in [2.24, 2.45) is 0 Å². The van der Waals surface area contributed by atoms with Gasteiger partial charge < -0.3 is 10.1 Å². The van der Waals surface area contributed by atoms with E-state index in [1.165, 1.54) is 0 Å². The molecule has 0 atom stereocenters. The highest BCUT2D eigenvalue weighted by atomic mass is 16.5.